The van der Waals surface area contributed by atoms with E-state index in [2.05, 4.69) is 4.98 Å². The number of anilines is 1. The third kappa shape index (κ3) is 5.95. The van der Waals surface area contributed by atoms with Crippen LogP contribution in [-0.4, -0.2) is 71.4 Å². The number of ether oxygens (including phenoxy) is 1. The van der Waals surface area contributed by atoms with Crippen molar-refractivity contribution in [1.82, 2.24) is 9.88 Å². The molecule has 0 aromatic carbocycles. The van der Waals surface area contributed by atoms with Crippen molar-refractivity contribution in [2.45, 2.75) is 44.6 Å². The Morgan fingerprint density at radius 2 is 1.93 bits per heavy atom. The summed E-state index contributed by atoms with van der Waals surface area (Å²) < 4.78 is 6.01. The first kappa shape index (κ1) is 22.1. The van der Waals surface area contributed by atoms with E-state index in [4.69, 9.17) is 4.74 Å². The van der Waals surface area contributed by atoms with E-state index in [1.54, 1.807) is 12.4 Å². The molecular weight excluding hydrogens is 386 g/mol. The maximum Gasteiger partial charge on any atom is 0.333 e. The fraction of sp³-hybridized carbons (Fsp3) is 0.591. The average Bonchev–Trinajstić information content (AvgIpc) is 2.92. The van der Waals surface area contributed by atoms with Crippen LogP contribution >= 0.6 is 0 Å². The number of pyridine rings is 1. The molecule has 0 bridgehead atoms. The molecule has 2 heterocycles. The predicted octanol–water partition coefficient (Wildman–Crippen LogP) is 2.65. The Hall–Kier alpha value is -2.61. The molecule has 30 heavy (non-hydrogen) atoms. The molecule has 164 valence electrons. The van der Waals surface area contributed by atoms with Gasteiger partial charge in [0.25, 0.3) is 0 Å². The van der Waals surface area contributed by atoms with Crippen molar-refractivity contribution in [3.63, 3.8) is 0 Å². The predicted molar refractivity (Wildman–Crippen MR) is 113 cm³/mol. The summed E-state index contributed by atoms with van der Waals surface area (Å²) in [6.07, 6.45) is 11.2. The van der Waals surface area contributed by atoms with Crippen LogP contribution in [0.4, 0.5) is 5.69 Å². The molecule has 8 heteroatoms. The first-order valence-electron chi connectivity index (χ1n) is 10.6. The lowest BCUT2D eigenvalue weighted by Crippen LogP contribution is -2.44. The van der Waals surface area contributed by atoms with E-state index in [1.807, 2.05) is 22.9 Å². The van der Waals surface area contributed by atoms with Crippen LogP contribution in [0.1, 0.15) is 38.5 Å². The van der Waals surface area contributed by atoms with Gasteiger partial charge >= 0.3 is 11.9 Å². The van der Waals surface area contributed by atoms with Crippen molar-refractivity contribution in [3.05, 3.63) is 30.1 Å². The Labute approximate surface area is 177 Å². The number of aliphatic carboxylic acids is 2. The first-order chi connectivity index (χ1) is 14.4. The Morgan fingerprint density at radius 1 is 1.17 bits per heavy atom. The van der Waals surface area contributed by atoms with Gasteiger partial charge in [0, 0.05) is 25.2 Å². The highest BCUT2D eigenvalue weighted by atomic mass is 16.5. The van der Waals surface area contributed by atoms with E-state index in [9.17, 15) is 19.8 Å². The Bertz CT molecular complexity index is 776. The van der Waals surface area contributed by atoms with Gasteiger partial charge in [-0.2, -0.15) is 0 Å². The van der Waals surface area contributed by atoms with E-state index < -0.39 is 18.0 Å². The molecule has 1 aliphatic carbocycles. The molecule has 1 saturated carbocycles. The molecule has 1 aromatic rings. The minimum absolute atomic E-state index is 0.134. The zero-order valence-corrected chi connectivity index (χ0v) is 17.5. The number of rotatable bonds is 7. The van der Waals surface area contributed by atoms with Crippen LogP contribution < -0.4 is 9.64 Å². The summed E-state index contributed by atoms with van der Waals surface area (Å²) in [7, 11) is 1.92. The zero-order chi connectivity index (χ0) is 21.5. The molecule has 1 saturated heterocycles. The largest absolute Gasteiger partial charge is 0.492 e. The topological polar surface area (TPSA) is 103 Å². The van der Waals surface area contributed by atoms with Crippen molar-refractivity contribution in [2.75, 3.05) is 38.2 Å². The highest BCUT2D eigenvalue weighted by molar-refractivity contribution is 5.96. The summed E-state index contributed by atoms with van der Waals surface area (Å²) in [4.78, 5) is 31.4. The lowest BCUT2D eigenvalue weighted by atomic mass is 9.90. The third-order valence-corrected chi connectivity index (χ3v) is 5.93. The maximum atomic E-state index is 11.9. The van der Waals surface area contributed by atoms with Gasteiger partial charge in [-0.25, -0.2) is 9.59 Å². The number of nitrogens with zero attached hydrogens (tertiary/aromatic N) is 3. The Morgan fingerprint density at radius 3 is 2.63 bits per heavy atom. The fourth-order valence-electron chi connectivity index (χ4n) is 4.37. The smallest absolute Gasteiger partial charge is 0.333 e. The standard InChI is InChI=1S/C22H31N3O5/c1-24-8-5-9-25(20(14-24)19(22(28)29)11-21(26)27)17-10-18(13-23-12-17)30-15-16-6-3-2-4-7-16/h10-13,16,20H,2-9,14-15H2,1H3,(H,26,27)(H,28,29)/b19-11+. The summed E-state index contributed by atoms with van der Waals surface area (Å²) in [5.41, 5.74) is 0.610. The van der Waals surface area contributed by atoms with Crippen LogP contribution in [0, 0.1) is 5.92 Å². The van der Waals surface area contributed by atoms with Crippen molar-refractivity contribution in [3.8, 4) is 5.75 Å². The monoisotopic (exact) mass is 417 g/mol. The van der Waals surface area contributed by atoms with Crippen LogP contribution in [0.2, 0.25) is 0 Å². The maximum absolute atomic E-state index is 11.9. The normalized spacial score (nSPS) is 21.8. The fourth-order valence-corrected chi connectivity index (χ4v) is 4.37. The minimum atomic E-state index is -1.26. The quantitative estimate of drug-likeness (QED) is 0.653. The van der Waals surface area contributed by atoms with Gasteiger partial charge < -0.3 is 24.7 Å². The molecule has 1 aliphatic heterocycles. The molecular formula is C22H31N3O5. The van der Waals surface area contributed by atoms with Crippen molar-refractivity contribution < 1.29 is 24.5 Å². The van der Waals surface area contributed by atoms with E-state index in [1.165, 1.54) is 32.1 Å². The summed E-state index contributed by atoms with van der Waals surface area (Å²) in [6, 6.07) is 1.29. The van der Waals surface area contributed by atoms with Gasteiger partial charge in [-0.1, -0.05) is 19.3 Å². The second kappa shape index (κ2) is 10.4. The summed E-state index contributed by atoms with van der Waals surface area (Å²) in [6.45, 7) is 2.49. The molecule has 0 amide bonds. The van der Waals surface area contributed by atoms with Crippen molar-refractivity contribution in [2.24, 2.45) is 5.92 Å². The van der Waals surface area contributed by atoms with Crippen LogP contribution in [0.3, 0.4) is 0 Å². The van der Waals surface area contributed by atoms with Gasteiger partial charge in [0.05, 0.1) is 36.3 Å². The van der Waals surface area contributed by atoms with Crippen molar-refractivity contribution >= 4 is 17.6 Å². The van der Waals surface area contributed by atoms with Crippen LogP contribution in [0.25, 0.3) is 0 Å². The van der Waals surface area contributed by atoms with Crippen LogP contribution in [-0.2, 0) is 9.59 Å². The molecule has 8 nitrogen and oxygen atoms in total. The molecule has 2 fully saturated rings. The second-order valence-corrected chi connectivity index (χ2v) is 8.26. The summed E-state index contributed by atoms with van der Waals surface area (Å²) in [5, 5.41) is 18.9. The first-order valence-corrected chi connectivity index (χ1v) is 10.6. The van der Waals surface area contributed by atoms with Gasteiger partial charge in [-0.05, 0) is 38.8 Å². The summed E-state index contributed by atoms with van der Waals surface area (Å²) in [5.74, 6) is -1.25. The third-order valence-electron chi connectivity index (χ3n) is 5.93. The van der Waals surface area contributed by atoms with E-state index >= 15 is 0 Å². The number of carboxylic acid groups (broad SMARTS) is 2. The Kier molecular flexibility index (Phi) is 7.68. The molecule has 3 rings (SSSR count). The molecule has 2 aliphatic rings. The molecule has 1 unspecified atom stereocenters. The van der Waals surface area contributed by atoms with Crippen molar-refractivity contribution in [1.29, 1.82) is 0 Å². The number of carboxylic acids is 2. The van der Waals surface area contributed by atoms with Gasteiger partial charge in [-0.3, -0.25) is 4.98 Å². The number of likely N-dealkylation sites (N-methyl/N-ethyl adjacent to an activating group) is 1. The van der Waals surface area contributed by atoms with Crippen LogP contribution in [0.15, 0.2) is 30.1 Å². The molecule has 1 aromatic heterocycles. The molecule has 0 radical (unpaired) electrons. The number of hydrogen-bond acceptors (Lipinski definition) is 6. The highest BCUT2D eigenvalue weighted by Gasteiger charge is 2.31. The van der Waals surface area contributed by atoms with E-state index in [0.29, 0.717) is 31.4 Å². The summed E-state index contributed by atoms with van der Waals surface area (Å²) >= 11 is 0. The number of aromatic nitrogens is 1. The molecule has 0 spiro atoms. The van der Waals surface area contributed by atoms with E-state index in [0.717, 1.165) is 24.7 Å². The lowest BCUT2D eigenvalue weighted by molar-refractivity contribution is -0.135. The molecule has 2 N–H and O–H groups in total. The highest BCUT2D eigenvalue weighted by Crippen LogP contribution is 2.28. The SMILES string of the molecule is CN1CCCN(c2cncc(OCC3CCCCC3)c2)C(/C(=C\C(=O)O)C(=O)O)C1. The Balaban J connectivity index is 1.82. The van der Waals surface area contributed by atoms with Crippen LogP contribution in [0.5, 0.6) is 5.75 Å². The van der Waals surface area contributed by atoms with Gasteiger partial charge in [0.2, 0.25) is 0 Å². The number of carbonyl (C=O) groups is 2. The van der Waals surface area contributed by atoms with Gasteiger partial charge in [0.15, 0.2) is 0 Å². The van der Waals surface area contributed by atoms with Gasteiger partial charge in [0.1, 0.15) is 5.75 Å². The lowest BCUT2D eigenvalue weighted by Gasteiger charge is -2.33. The average molecular weight is 418 g/mol. The second-order valence-electron chi connectivity index (χ2n) is 8.26. The van der Waals surface area contributed by atoms with Gasteiger partial charge in [-0.15, -0.1) is 0 Å². The zero-order valence-electron chi connectivity index (χ0n) is 17.5. The molecule has 1 atom stereocenters. The minimum Gasteiger partial charge on any atom is -0.492 e. The van der Waals surface area contributed by atoms with E-state index in [-0.39, 0.29) is 5.57 Å². The number of hydrogen-bond donors (Lipinski definition) is 2.